The molecule has 8 nitrogen and oxygen atoms in total. The van der Waals surface area contributed by atoms with E-state index < -0.39 is 5.97 Å². The quantitative estimate of drug-likeness (QED) is 0.813. The molecule has 0 radical (unpaired) electrons. The van der Waals surface area contributed by atoms with E-state index in [-0.39, 0.29) is 29.2 Å². The maximum absolute atomic E-state index is 12.2. The van der Waals surface area contributed by atoms with Crippen molar-refractivity contribution in [3.8, 4) is 0 Å². The van der Waals surface area contributed by atoms with Crippen molar-refractivity contribution in [2.45, 2.75) is 26.4 Å². The molecule has 2 N–H and O–H groups in total. The Morgan fingerprint density at radius 3 is 2.75 bits per heavy atom. The second-order valence-electron chi connectivity index (χ2n) is 5.74. The molecule has 1 aliphatic heterocycles. The van der Waals surface area contributed by atoms with Gasteiger partial charge in [-0.2, -0.15) is 5.10 Å². The number of esters is 1. The van der Waals surface area contributed by atoms with Crippen LogP contribution < -0.4 is 5.43 Å². The first-order valence-electron chi connectivity index (χ1n) is 7.74. The summed E-state index contributed by atoms with van der Waals surface area (Å²) in [7, 11) is 0. The van der Waals surface area contributed by atoms with Gasteiger partial charge in [-0.3, -0.25) is 14.7 Å². The molecule has 3 heterocycles. The maximum atomic E-state index is 12.2. The highest BCUT2D eigenvalue weighted by Gasteiger charge is 2.22. The number of nitrogens with zero attached hydrogens (tertiary/aromatic N) is 2. The Balaban J connectivity index is 1.63. The van der Waals surface area contributed by atoms with Crippen molar-refractivity contribution in [1.82, 2.24) is 20.1 Å². The molecular formula is C16H18N4O4. The molecule has 126 valence electrons. The summed E-state index contributed by atoms with van der Waals surface area (Å²) in [6.07, 6.45) is 3.43. The number of ether oxygens (including phenoxy) is 1. The van der Waals surface area contributed by atoms with Crippen molar-refractivity contribution >= 4 is 11.9 Å². The van der Waals surface area contributed by atoms with E-state index in [1.807, 2.05) is 0 Å². The normalized spacial score (nSPS) is 14.0. The zero-order valence-corrected chi connectivity index (χ0v) is 13.3. The first-order valence-corrected chi connectivity index (χ1v) is 7.74. The molecule has 0 spiro atoms. The molecule has 3 rings (SSSR count). The van der Waals surface area contributed by atoms with Crippen LogP contribution in [0.4, 0.5) is 0 Å². The summed E-state index contributed by atoms with van der Waals surface area (Å²) < 4.78 is 5.09. The summed E-state index contributed by atoms with van der Waals surface area (Å²) in [5.41, 5.74) is 1.05. The van der Waals surface area contributed by atoms with Gasteiger partial charge in [0.2, 0.25) is 5.43 Å². The molecule has 24 heavy (non-hydrogen) atoms. The Morgan fingerprint density at radius 1 is 1.29 bits per heavy atom. The van der Waals surface area contributed by atoms with Crippen molar-refractivity contribution in [3.05, 3.63) is 51.2 Å². The average Bonchev–Trinajstić information content (AvgIpc) is 3.25. The van der Waals surface area contributed by atoms with Crippen molar-refractivity contribution in [2.24, 2.45) is 0 Å². The molecule has 2 aromatic heterocycles. The van der Waals surface area contributed by atoms with Gasteiger partial charge in [0.15, 0.2) is 0 Å². The number of rotatable bonds is 4. The molecule has 1 saturated heterocycles. The summed E-state index contributed by atoms with van der Waals surface area (Å²) >= 11 is 0. The number of carbonyl (C=O) groups excluding carboxylic acids is 2. The standard InChI is InChI=1S/C16H18N4O4/c1-10-6-14(21)13(19-18-10)9-24-16(23)11-7-12(17-8-11)15(22)20-4-2-3-5-20/h6-8,17H,2-5,9H2,1H3,(H,18,21). The monoisotopic (exact) mass is 330 g/mol. The van der Waals surface area contributed by atoms with Gasteiger partial charge < -0.3 is 14.6 Å². The minimum Gasteiger partial charge on any atom is -0.455 e. The largest absolute Gasteiger partial charge is 0.455 e. The number of nitrogens with one attached hydrogen (secondary N) is 2. The number of aryl methyl sites for hydroxylation is 1. The Bertz CT molecular complexity index is 817. The summed E-state index contributed by atoms with van der Waals surface area (Å²) in [6, 6.07) is 2.86. The third kappa shape index (κ3) is 3.37. The van der Waals surface area contributed by atoms with Gasteiger partial charge in [-0.1, -0.05) is 0 Å². The highest BCUT2D eigenvalue weighted by atomic mass is 16.5. The summed E-state index contributed by atoms with van der Waals surface area (Å²) in [4.78, 5) is 40.5. The van der Waals surface area contributed by atoms with E-state index in [9.17, 15) is 14.4 Å². The molecule has 0 saturated carbocycles. The Labute approximate surface area is 137 Å². The van der Waals surface area contributed by atoms with Gasteiger partial charge in [-0.15, -0.1) is 0 Å². The lowest BCUT2D eigenvalue weighted by Crippen LogP contribution is -2.27. The number of hydrogen-bond donors (Lipinski definition) is 2. The predicted octanol–water partition coefficient (Wildman–Crippen LogP) is 0.999. The highest BCUT2D eigenvalue weighted by Crippen LogP contribution is 2.14. The lowest BCUT2D eigenvalue weighted by Gasteiger charge is -2.13. The van der Waals surface area contributed by atoms with Gasteiger partial charge in [0.05, 0.1) is 5.56 Å². The van der Waals surface area contributed by atoms with Gasteiger partial charge in [0.1, 0.15) is 18.0 Å². The number of H-pyrrole nitrogens is 2. The molecule has 1 amide bonds. The molecule has 0 aliphatic carbocycles. The Kier molecular flexibility index (Phi) is 4.45. The van der Waals surface area contributed by atoms with Crippen LogP contribution in [0, 0.1) is 6.92 Å². The van der Waals surface area contributed by atoms with E-state index in [4.69, 9.17) is 4.74 Å². The lowest BCUT2D eigenvalue weighted by molar-refractivity contribution is 0.0465. The van der Waals surface area contributed by atoms with Crippen LogP contribution in [0.15, 0.2) is 23.1 Å². The van der Waals surface area contributed by atoms with Crippen LogP contribution in [0.2, 0.25) is 0 Å². The molecule has 0 unspecified atom stereocenters. The number of carbonyl (C=O) groups is 2. The minimum absolute atomic E-state index is 0.122. The topological polar surface area (TPSA) is 108 Å². The predicted molar refractivity (Wildman–Crippen MR) is 84.6 cm³/mol. The molecular weight excluding hydrogens is 312 g/mol. The molecule has 0 aromatic carbocycles. The van der Waals surface area contributed by atoms with Crippen LogP contribution in [0.1, 0.15) is 45.1 Å². The minimum atomic E-state index is -0.617. The molecule has 1 fully saturated rings. The van der Waals surface area contributed by atoms with Crippen LogP contribution in [0.5, 0.6) is 0 Å². The van der Waals surface area contributed by atoms with Gasteiger partial charge in [0.25, 0.3) is 5.91 Å². The zero-order chi connectivity index (χ0) is 17.1. The lowest BCUT2D eigenvalue weighted by atomic mass is 10.3. The van der Waals surface area contributed by atoms with Gasteiger partial charge in [0, 0.05) is 31.0 Å². The van der Waals surface area contributed by atoms with Crippen LogP contribution >= 0.6 is 0 Å². The fourth-order valence-corrected chi connectivity index (χ4v) is 2.57. The van der Waals surface area contributed by atoms with Crippen LogP contribution in [0.25, 0.3) is 0 Å². The Hall–Kier alpha value is -2.90. The maximum Gasteiger partial charge on any atom is 0.340 e. The van der Waals surface area contributed by atoms with Crippen LogP contribution in [-0.2, 0) is 11.3 Å². The van der Waals surface area contributed by atoms with Crippen LogP contribution in [0.3, 0.4) is 0 Å². The Morgan fingerprint density at radius 2 is 2.04 bits per heavy atom. The fraction of sp³-hybridized carbons (Fsp3) is 0.375. The number of aromatic amines is 2. The van der Waals surface area contributed by atoms with E-state index in [0.29, 0.717) is 11.4 Å². The number of aromatic nitrogens is 3. The van der Waals surface area contributed by atoms with E-state index in [0.717, 1.165) is 25.9 Å². The molecule has 0 bridgehead atoms. The smallest absolute Gasteiger partial charge is 0.340 e. The fourth-order valence-electron chi connectivity index (χ4n) is 2.57. The van der Waals surface area contributed by atoms with E-state index in [1.165, 1.54) is 18.3 Å². The van der Waals surface area contributed by atoms with Gasteiger partial charge in [-0.05, 0) is 25.8 Å². The third-order valence-electron chi connectivity index (χ3n) is 3.88. The van der Waals surface area contributed by atoms with Crippen molar-refractivity contribution in [1.29, 1.82) is 0 Å². The van der Waals surface area contributed by atoms with E-state index in [2.05, 4.69) is 15.2 Å². The SMILES string of the molecule is Cc1cc(=O)c(COC(=O)c2c[nH]c(C(=O)N3CCCC3)c2)n[nH]1. The zero-order valence-electron chi connectivity index (χ0n) is 13.3. The summed E-state index contributed by atoms with van der Waals surface area (Å²) in [6.45, 7) is 2.96. The average molecular weight is 330 g/mol. The number of hydrogen-bond acceptors (Lipinski definition) is 5. The van der Waals surface area contributed by atoms with Crippen LogP contribution in [-0.4, -0.2) is 45.0 Å². The first kappa shape index (κ1) is 16.0. The molecule has 2 aromatic rings. The number of amides is 1. The number of likely N-dealkylation sites (tertiary alicyclic amines) is 1. The van der Waals surface area contributed by atoms with Crippen molar-refractivity contribution in [2.75, 3.05) is 13.1 Å². The molecule has 0 atom stereocenters. The van der Waals surface area contributed by atoms with Gasteiger partial charge in [-0.25, -0.2) is 4.79 Å². The van der Waals surface area contributed by atoms with E-state index in [1.54, 1.807) is 11.8 Å². The summed E-state index contributed by atoms with van der Waals surface area (Å²) in [5.74, 6) is -0.739. The second kappa shape index (κ2) is 6.69. The second-order valence-corrected chi connectivity index (χ2v) is 5.74. The summed E-state index contributed by atoms with van der Waals surface area (Å²) in [5, 5.41) is 6.50. The molecule has 1 aliphatic rings. The van der Waals surface area contributed by atoms with Gasteiger partial charge >= 0.3 is 5.97 Å². The van der Waals surface area contributed by atoms with E-state index >= 15 is 0 Å². The first-order chi connectivity index (χ1) is 11.5. The highest BCUT2D eigenvalue weighted by molar-refractivity contribution is 5.97. The van der Waals surface area contributed by atoms with Crippen molar-refractivity contribution < 1.29 is 14.3 Å². The third-order valence-corrected chi connectivity index (χ3v) is 3.88. The molecule has 8 heteroatoms. The van der Waals surface area contributed by atoms with Crippen molar-refractivity contribution in [3.63, 3.8) is 0 Å².